The Kier molecular flexibility index (Phi) is 1.88. The summed E-state index contributed by atoms with van der Waals surface area (Å²) in [5.74, 6) is 0.612. The minimum atomic E-state index is 0.612. The Hall–Kier alpha value is -1.97. The molecule has 0 aliphatic carbocycles. The molecule has 0 atom stereocenters. The van der Waals surface area contributed by atoms with Gasteiger partial charge in [-0.15, -0.1) is 15.0 Å². The average Bonchev–Trinajstić information content (AvgIpc) is 2.67. The molecule has 0 unspecified atom stereocenters. The van der Waals surface area contributed by atoms with Crippen molar-refractivity contribution in [1.29, 1.82) is 0 Å². The van der Waals surface area contributed by atoms with Crippen molar-refractivity contribution in [3.8, 4) is 11.4 Å². The van der Waals surface area contributed by atoms with E-state index in [-0.39, 0.29) is 0 Å². The first kappa shape index (κ1) is 7.67. The molecule has 0 aliphatic heterocycles. The summed E-state index contributed by atoms with van der Waals surface area (Å²) in [6.07, 6.45) is 1.50. The summed E-state index contributed by atoms with van der Waals surface area (Å²) in [5.41, 5.74) is 0.954. The summed E-state index contributed by atoms with van der Waals surface area (Å²) in [7, 11) is 0. The molecule has 0 spiro atoms. The van der Waals surface area contributed by atoms with Gasteiger partial charge >= 0.3 is 0 Å². The van der Waals surface area contributed by atoms with Gasteiger partial charge in [-0.25, -0.2) is 0 Å². The molecule has 1 aromatic heterocycles. The summed E-state index contributed by atoms with van der Waals surface area (Å²) < 4.78 is 0. The molecule has 1 aromatic carbocycles. The van der Waals surface area contributed by atoms with Gasteiger partial charge in [0.25, 0.3) is 0 Å². The Morgan fingerprint density at radius 1 is 1.23 bits per heavy atom. The second kappa shape index (κ2) is 3.18. The van der Waals surface area contributed by atoms with Crippen LogP contribution in [0.25, 0.3) is 17.6 Å². The molecule has 0 fully saturated rings. The molecule has 2 aromatic rings. The summed E-state index contributed by atoms with van der Waals surface area (Å²) in [6, 6.07) is 9.68. The van der Waals surface area contributed by atoms with E-state index in [4.69, 9.17) is 0 Å². The summed E-state index contributed by atoms with van der Waals surface area (Å²) in [4.78, 5) is 1.34. The summed E-state index contributed by atoms with van der Waals surface area (Å²) in [5, 5.41) is 11.7. The van der Waals surface area contributed by atoms with Crippen molar-refractivity contribution >= 4 is 6.20 Å². The molecule has 13 heavy (non-hydrogen) atoms. The largest absolute Gasteiger partial charge is 0.205 e. The van der Waals surface area contributed by atoms with E-state index in [1.54, 1.807) is 0 Å². The van der Waals surface area contributed by atoms with Crippen LogP contribution in [0.15, 0.2) is 36.9 Å². The molecule has 0 radical (unpaired) electrons. The molecule has 0 saturated carbocycles. The fraction of sp³-hybridized carbons (Fsp3) is 0. The Bertz CT molecular complexity index is 405. The van der Waals surface area contributed by atoms with Crippen molar-refractivity contribution in [2.75, 3.05) is 0 Å². The van der Waals surface area contributed by atoms with Crippen LogP contribution < -0.4 is 0 Å². The molecular weight excluding hydrogens is 164 g/mol. The van der Waals surface area contributed by atoms with Crippen LogP contribution in [-0.2, 0) is 0 Å². The van der Waals surface area contributed by atoms with Gasteiger partial charge in [0.2, 0.25) is 5.82 Å². The fourth-order valence-electron chi connectivity index (χ4n) is 1.01. The van der Waals surface area contributed by atoms with E-state index < -0.39 is 0 Å². The molecule has 4 nitrogen and oxygen atoms in total. The van der Waals surface area contributed by atoms with Crippen molar-refractivity contribution < 1.29 is 0 Å². The third-order valence-electron chi connectivity index (χ3n) is 1.62. The zero-order valence-electron chi connectivity index (χ0n) is 6.96. The molecule has 2 rings (SSSR count). The topological polar surface area (TPSA) is 43.6 Å². The second-order valence-electron chi connectivity index (χ2n) is 2.48. The lowest BCUT2D eigenvalue weighted by atomic mass is 10.2. The number of hydrogen-bond donors (Lipinski definition) is 0. The maximum absolute atomic E-state index is 4.08. The fourth-order valence-corrected chi connectivity index (χ4v) is 1.01. The molecule has 0 saturated heterocycles. The Morgan fingerprint density at radius 3 is 2.62 bits per heavy atom. The van der Waals surface area contributed by atoms with Crippen molar-refractivity contribution in [1.82, 2.24) is 20.2 Å². The van der Waals surface area contributed by atoms with E-state index in [1.165, 1.54) is 11.0 Å². The van der Waals surface area contributed by atoms with Crippen LogP contribution in [0.3, 0.4) is 0 Å². The lowest BCUT2D eigenvalue weighted by molar-refractivity contribution is 0.760. The Labute approximate surface area is 75.5 Å². The maximum Gasteiger partial charge on any atom is 0.205 e. The molecule has 64 valence electrons. The Balaban J connectivity index is 2.41. The third kappa shape index (κ3) is 1.46. The highest BCUT2D eigenvalue weighted by atomic mass is 15.6. The predicted octanol–water partition coefficient (Wildman–Crippen LogP) is 1.44. The van der Waals surface area contributed by atoms with Crippen molar-refractivity contribution in [3.63, 3.8) is 0 Å². The monoisotopic (exact) mass is 172 g/mol. The van der Waals surface area contributed by atoms with Gasteiger partial charge < -0.3 is 0 Å². The van der Waals surface area contributed by atoms with Gasteiger partial charge in [-0.3, -0.25) is 0 Å². The maximum atomic E-state index is 4.08. The zero-order valence-corrected chi connectivity index (χ0v) is 6.96. The Morgan fingerprint density at radius 2 is 2.00 bits per heavy atom. The lowest BCUT2D eigenvalue weighted by Gasteiger charge is -1.90. The average molecular weight is 172 g/mol. The lowest BCUT2D eigenvalue weighted by Crippen LogP contribution is -1.89. The van der Waals surface area contributed by atoms with Crippen LogP contribution in [-0.4, -0.2) is 20.2 Å². The van der Waals surface area contributed by atoms with Gasteiger partial charge in [-0.1, -0.05) is 36.9 Å². The number of nitrogens with zero attached hydrogens (tertiary/aromatic N) is 4. The summed E-state index contributed by atoms with van der Waals surface area (Å²) in [6.45, 7) is 3.54. The smallest absolute Gasteiger partial charge is 0.139 e. The number of rotatable bonds is 2. The van der Waals surface area contributed by atoms with Crippen molar-refractivity contribution in [2.24, 2.45) is 0 Å². The molecular formula is C9H8N4. The highest BCUT2D eigenvalue weighted by molar-refractivity contribution is 5.53. The number of aromatic nitrogens is 4. The molecule has 0 N–H and O–H groups in total. The van der Waals surface area contributed by atoms with Gasteiger partial charge in [0.05, 0.1) is 0 Å². The van der Waals surface area contributed by atoms with Crippen LogP contribution in [0.2, 0.25) is 0 Å². The molecule has 0 bridgehead atoms. The first-order valence-electron chi connectivity index (χ1n) is 3.87. The van der Waals surface area contributed by atoms with Gasteiger partial charge in [0, 0.05) is 11.8 Å². The first-order valence-corrected chi connectivity index (χ1v) is 3.87. The molecule has 4 heteroatoms. The zero-order chi connectivity index (χ0) is 9.10. The van der Waals surface area contributed by atoms with E-state index in [0.29, 0.717) is 5.82 Å². The summed E-state index contributed by atoms with van der Waals surface area (Å²) >= 11 is 0. The van der Waals surface area contributed by atoms with Crippen LogP contribution in [0.4, 0.5) is 0 Å². The molecule has 0 aliphatic rings. The van der Waals surface area contributed by atoms with Crippen molar-refractivity contribution in [3.05, 3.63) is 36.9 Å². The molecule has 0 amide bonds. The number of hydrogen-bond acceptors (Lipinski definition) is 3. The van der Waals surface area contributed by atoms with E-state index in [1.807, 2.05) is 30.3 Å². The van der Waals surface area contributed by atoms with Gasteiger partial charge in [-0.05, 0) is 5.21 Å². The normalized spacial score (nSPS) is 9.85. The van der Waals surface area contributed by atoms with E-state index >= 15 is 0 Å². The minimum absolute atomic E-state index is 0.612. The quantitative estimate of drug-likeness (QED) is 0.688. The van der Waals surface area contributed by atoms with E-state index in [0.717, 1.165) is 5.56 Å². The van der Waals surface area contributed by atoms with Crippen LogP contribution >= 0.6 is 0 Å². The highest BCUT2D eigenvalue weighted by Crippen LogP contribution is 2.11. The van der Waals surface area contributed by atoms with Crippen LogP contribution in [0.1, 0.15) is 0 Å². The molecule has 1 heterocycles. The first-order chi connectivity index (χ1) is 6.40. The van der Waals surface area contributed by atoms with Gasteiger partial charge in [-0.2, -0.15) is 0 Å². The SMILES string of the molecule is C=Cn1nnc(-c2ccccc2)n1. The second-order valence-corrected chi connectivity index (χ2v) is 2.48. The van der Waals surface area contributed by atoms with Crippen LogP contribution in [0, 0.1) is 0 Å². The van der Waals surface area contributed by atoms with Crippen LogP contribution in [0.5, 0.6) is 0 Å². The predicted molar refractivity (Wildman–Crippen MR) is 49.6 cm³/mol. The minimum Gasteiger partial charge on any atom is -0.139 e. The van der Waals surface area contributed by atoms with Gasteiger partial charge in [0.1, 0.15) is 0 Å². The number of benzene rings is 1. The van der Waals surface area contributed by atoms with Crippen molar-refractivity contribution in [2.45, 2.75) is 0 Å². The van der Waals surface area contributed by atoms with Gasteiger partial charge in [0.15, 0.2) is 0 Å². The standard InChI is InChI=1S/C9H8N4/c1-2-13-11-9(10-12-13)8-6-4-3-5-7-8/h2-7H,1H2. The number of tetrazole rings is 1. The third-order valence-corrected chi connectivity index (χ3v) is 1.62. The van der Waals surface area contributed by atoms with E-state index in [2.05, 4.69) is 22.0 Å². The highest BCUT2D eigenvalue weighted by Gasteiger charge is 2.01. The van der Waals surface area contributed by atoms with E-state index in [9.17, 15) is 0 Å².